The number of aromatic nitrogens is 2. The van der Waals surface area contributed by atoms with Crippen LogP contribution in [0.1, 0.15) is 15.9 Å². The number of benzene rings is 3. The summed E-state index contributed by atoms with van der Waals surface area (Å²) in [6, 6.07) is 36.0. The van der Waals surface area contributed by atoms with Crippen molar-refractivity contribution in [2.45, 2.75) is 0 Å². The van der Waals surface area contributed by atoms with E-state index in [1.807, 2.05) is 72.8 Å². The second kappa shape index (κ2) is 9.79. The van der Waals surface area contributed by atoms with Crippen LogP contribution in [0.2, 0.25) is 0 Å². The molecule has 5 heteroatoms. The van der Waals surface area contributed by atoms with Gasteiger partial charge in [-0.1, -0.05) is 60.7 Å². The Bertz CT molecular complexity index is 1350. The molecular formula is C29H22N4O. The third kappa shape index (κ3) is 4.54. The highest BCUT2D eigenvalue weighted by molar-refractivity contribution is 5.95. The van der Waals surface area contributed by atoms with Crippen LogP contribution in [0, 0.1) is 0 Å². The smallest absolute Gasteiger partial charge is 0.271 e. The quantitative estimate of drug-likeness (QED) is 0.260. The number of amides is 1. The summed E-state index contributed by atoms with van der Waals surface area (Å²) in [7, 11) is 0. The largest absolute Gasteiger partial charge is 0.309 e. The van der Waals surface area contributed by atoms with Crippen molar-refractivity contribution < 1.29 is 4.79 Å². The van der Waals surface area contributed by atoms with E-state index in [1.165, 1.54) is 0 Å². The first-order valence-electron chi connectivity index (χ1n) is 11.0. The number of hydrogen-bond donors (Lipinski definition) is 1. The van der Waals surface area contributed by atoms with Gasteiger partial charge in [-0.3, -0.25) is 9.78 Å². The van der Waals surface area contributed by atoms with E-state index in [4.69, 9.17) is 0 Å². The fourth-order valence-corrected chi connectivity index (χ4v) is 3.82. The zero-order valence-corrected chi connectivity index (χ0v) is 18.4. The Balaban J connectivity index is 1.45. The van der Waals surface area contributed by atoms with Gasteiger partial charge in [-0.15, -0.1) is 0 Å². The molecular weight excluding hydrogens is 420 g/mol. The van der Waals surface area contributed by atoms with Crippen LogP contribution in [0.3, 0.4) is 0 Å². The fourth-order valence-electron chi connectivity index (χ4n) is 3.82. The molecule has 2 heterocycles. The van der Waals surface area contributed by atoms with Gasteiger partial charge in [-0.05, 0) is 65.2 Å². The molecule has 1 N–H and O–H groups in total. The molecule has 0 spiro atoms. The molecule has 5 aromatic rings. The molecule has 0 fully saturated rings. The average molecular weight is 443 g/mol. The van der Waals surface area contributed by atoms with Crippen LogP contribution in [0.15, 0.2) is 127 Å². The van der Waals surface area contributed by atoms with E-state index in [0.29, 0.717) is 5.56 Å². The van der Waals surface area contributed by atoms with Gasteiger partial charge in [0, 0.05) is 23.6 Å². The molecule has 164 valence electrons. The molecule has 0 radical (unpaired) electrons. The summed E-state index contributed by atoms with van der Waals surface area (Å²) in [5.74, 6) is -0.268. The predicted molar refractivity (Wildman–Crippen MR) is 136 cm³/mol. The van der Waals surface area contributed by atoms with Crippen molar-refractivity contribution in [2.75, 3.05) is 0 Å². The lowest BCUT2D eigenvalue weighted by Gasteiger charge is -2.15. The van der Waals surface area contributed by atoms with E-state index >= 15 is 0 Å². The Morgan fingerprint density at radius 3 is 1.82 bits per heavy atom. The summed E-state index contributed by atoms with van der Waals surface area (Å²) in [5.41, 5.74) is 9.35. The van der Waals surface area contributed by atoms with Crippen LogP contribution in [0.25, 0.3) is 28.2 Å². The van der Waals surface area contributed by atoms with E-state index in [1.54, 1.807) is 18.6 Å². The molecule has 0 saturated carbocycles. The van der Waals surface area contributed by atoms with Gasteiger partial charge < -0.3 is 4.57 Å². The molecule has 0 saturated heterocycles. The summed E-state index contributed by atoms with van der Waals surface area (Å²) in [5, 5.41) is 4.04. The Labute approximate surface area is 198 Å². The molecule has 3 aromatic carbocycles. The van der Waals surface area contributed by atoms with Crippen LogP contribution >= 0.6 is 0 Å². The lowest BCUT2D eigenvalue weighted by atomic mass is 10.1. The molecule has 1 amide bonds. The highest BCUT2D eigenvalue weighted by Crippen LogP contribution is 2.32. The van der Waals surface area contributed by atoms with Crippen LogP contribution in [0.5, 0.6) is 0 Å². The van der Waals surface area contributed by atoms with Crippen LogP contribution in [-0.2, 0) is 0 Å². The zero-order valence-electron chi connectivity index (χ0n) is 18.4. The van der Waals surface area contributed by atoms with Gasteiger partial charge in [0.05, 0.1) is 17.6 Å². The van der Waals surface area contributed by atoms with Crippen molar-refractivity contribution in [2.24, 2.45) is 5.10 Å². The topological polar surface area (TPSA) is 59.3 Å². The number of carbonyl (C=O) groups excluding carboxylic acids is 1. The van der Waals surface area contributed by atoms with Gasteiger partial charge in [0.1, 0.15) is 0 Å². The van der Waals surface area contributed by atoms with E-state index in [2.05, 4.69) is 56.5 Å². The van der Waals surface area contributed by atoms with Crippen molar-refractivity contribution in [1.82, 2.24) is 15.0 Å². The summed E-state index contributed by atoms with van der Waals surface area (Å²) < 4.78 is 2.22. The van der Waals surface area contributed by atoms with E-state index < -0.39 is 0 Å². The zero-order chi connectivity index (χ0) is 23.2. The van der Waals surface area contributed by atoms with Crippen molar-refractivity contribution in [1.29, 1.82) is 0 Å². The second-order valence-corrected chi connectivity index (χ2v) is 7.70. The predicted octanol–water partition coefficient (Wildman–Crippen LogP) is 5.97. The van der Waals surface area contributed by atoms with Gasteiger partial charge in [0.25, 0.3) is 5.91 Å². The minimum atomic E-state index is -0.268. The lowest BCUT2D eigenvalue weighted by Crippen LogP contribution is -2.17. The van der Waals surface area contributed by atoms with Crippen molar-refractivity contribution in [3.05, 3.63) is 133 Å². The van der Waals surface area contributed by atoms with Gasteiger partial charge in [-0.25, -0.2) is 5.43 Å². The lowest BCUT2D eigenvalue weighted by molar-refractivity contribution is 0.0955. The number of hydrazone groups is 1. The molecule has 5 nitrogen and oxygen atoms in total. The summed E-state index contributed by atoms with van der Waals surface area (Å²) >= 11 is 0. The molecule has 0 aliphatic rings. The van der Waals surface area contributed by atoms with Crippen molar-refractivity contribution in [3.8, 4) is 28.2 Å². The number of rotatable bonds is 6. The minimum Gasteiger partial charge on any atom is -0.309 e. The van der Waals surface area contributed by atoms with Crippen molar-refractivity contribution in [3.63, 3.8) is 0 Å². The van der Waals surface area contributed by atoms with Crippen molar-refractivity contribution >= 4 is 12.1 Å². The number of nitrogens with one attached hydrogen (secondary N) is 1. The van der Waals surface area contributed by atoms with E-state index in [0.717, 1.165) is 33.8 Å². The van der Waals surface area contributed by atoms with Gasteiger partial charge in [-0.2, -0.15) is 5.10 Å². The highest BCUT2D eigenvalue weighted by Gasteiger charge is 2.14. The van der Waals surface area contributed by atoms with E-state index in [-0.39, 0.29) is 5.91 Å². The van der Waals surface area contributed by atoms with Crippen LogP contribution in [-0.4, -0.2) is 21.7 Å². The first kappa shape index (κ1) is 21.1. The Morgan fingerprint density at radius 1 is 0.706 bits per heavy atom. The van der Waals surface area contributed by atoms with Crippen LogP contribution < -0.4 is 5.43 Å². The maximum absolute atomic E-state index is 12.6. The first-order valence-corrected chi connectivity index (χ1v) is 11.0. The summed E-state index contributed by atoms with van der Waals surface area (Å²) in [4.78, 5) is 16.5. The molecule has 0 aliphatic carbocycles. The average Bonchev–Trinajstić information content (AvgIpc) is 3.36. The van der Waals surface area contributed by atoms with Crippen LogP contribution in [0.4, 0.5) is 0 Å². The number of hydrogen-bond acceptors (Lipinski definition) is 3. The first-order chi connectivity index (χ1) is 16.8. The minimum absolute atomic E-state index is 0.268. The highest BCUT2D eigenvalue weighted by atomic mass is 16.2. The van der Waals surface area contributed by atoms with Gasteiger partial charge in [0.2, 0.25) is 0 Å². The van der Waals surface area contributed by atoms with Gasteiger partial charge in [0.15, 0.2) is 0 Å². The Hall–Kier alpha value is -4.77. The molecule has 0 atom stereocenters. The maximum atomic E-state index is 12.6. The molecule has 5 rings (SSSR count). The maximum Gasteiger partial charge on any atom is 0.271 e. The Kier molecular flexibility index (Phi) is 6.08. The van der Waals surface area contributed by atoms with E-state index in [9.17, 15) is 4.79 Å². The normalized spacial score (nSPS) is 10.9. The number of nitrogens with zero attached hydrogens (tertiary/aromatic N) is 3. The molecule has 0 unspecified atom stereocenters. The Morgan fingerprint density at radius 2 is 1.26 bits per heavy atom. The number of carbonyl (C=O) groups is 1. The monoisotopic (exact) mass is 442 g/mol. The second-order valence-electron chi connectivity index (χ2n) is 7.70. The number of pyridine rings is 1. The fraction of sp³-hybridized carbons (Fsp3) is 0. The standard InChI is InChI=1S/C29H22N4O/c34-29(32-31-21-22-17-19-30-20-18-22)25-11-13-26(14-12-25)33-27(23-7-3-1-4-8-23)15-16-28(33)24-9-5-2-6-10-24/h1-21H,(H,32,34)/b31-21-. The SMILES string of the molecule is O=C(N/N=C\c1ccncc1)c1ccc(-n2c(-c3ccccc3)ccc2-c2ccccc2)cc1. The molecule has 0 bridgehead atoms. The third-order valence-electron chi connectivity index (χ3n) is 5.49. The summed E-state index contributed by atoms with van der Waals surface area (Å²) in [6.45, 7) is 0. The summed E-state index contributed by atoms with van der Waals surface area (Å²) in [6.07, 6.45) is 4.94. The molecule has 34 heavy (non-hydrogen) atoms. The molecule has 0 aliphatic heterocycles. The third-order valence-corrected chi connectivity index (χ3v) is 5.49. The van der Waals surface area contributed by atoms with Gasteiger partial charge >= 0.3 is 0 Å². The molecule has 2 aromatic heterocycles.